The summed E-state index contributed by atoms with van der Waals surface area (Å²) in [6.45, 7) is 0.301. The maximum absolute atomic E-state index is 13.2. The third kappa shape index (κ3) is 4.28. The number of likely N-dealkylation sites (N-methyl/N-ethyl adjacent to an activating group) is 1. The molecular weight excluding hydrogens is 386 g/mol. The maximum Gasteiger partial charge on any atom is 0.257 e. The predicted octanol–water partition coefficient (Wildman–Crippen LogP) is 1.89. The molecule has 0 aromatic heterocycles. The first-order valence-corrected chi connectivity index (χ1v) is 10.5. The first-order valence-electron chi connectivity index (χ1n) is 10.5. The molecule has 3 aliphatic rings. The van der Waals surface area contributed by atoms with E-state index < -0.39 is 0 Å². The van der Waals surface area contributed by atoms with E-state index in [4.69, 9.17) is 9.47 Å². The van der Waals surface area contributed by atoms with Crippen molar-refractivity contribution >= 4 is 23.4 Å². The van der Waals surface area contributed by atoms with Crippen LogP contribution in [0.1, 0.15) is 42.5 Å². The lowest BCUT2D eigenvalue weighted by Crippen LogP contribution is -2.53. The van der Waals surface area contributed by atoms with Crippen LogP contribution in [-0.4, -0.2) is 73.5 Å². The molecule has 0 spiro atoms. The van der Waals surface area contributed by atoms with Crippen molar-refractivity contribution in [3.8, 4) is 5.75 Å². The molecule has 1 aliphatic carbocycles. The van der Waals surface area contributed by atoms with Crippen LogP contribution in [0.5, 0.6) is 5.75 Å². The van der Waals surface area contributed by atoms with Gasteiger partial charge in [-0.2, -0.15) is 0 Å². The average molecular weight is 415 g/mol. The Morgan fingerprint density at radius 3 is 2.67 bits per heavy atom. The monoisotopic (exact) mass is 415 g/mol. The number of carbonyl (C=O) groups excluding carboxylic acids is 3. The minimum Gasteiger partial charge on any atom is -0.490 e. The van der Waals surface area contributed by atoms with Crippen molar-refractivity contribution in [2.24, 2.45) is 5.92 Å². The van der Waals surface area contributed by atoms with Gasteiger partial charge in [-0.05, 0) is 43.9 Å². The summed E-state index contributed by atoms with van der Waals surface area (Å²) in [7, 11) is 5.24. The summed E-state index contributed by atoms with van der Waals surface area (Å²) in [5, 5.41) is 2.89. The van der Waals surface area contributed by atoms with Gasteiger partial charge in [-0.15, -0.1) is 0 Å². The van der Waals surface area contributed by atoms with Crippen molar-refractivity contribution in [3.63, 3.8) is 0 Å². The predicted molar refractivity (Wildman–Crippen MR) is 110 cm³/mol. The summed E-state index contributed by atoms with van der Waals surface area (Å²) in [6, 6.07) is 5.05. The third-order valence-corrected chi connectivity index (χ3v) is 6.13. The Kier molecular flexibility index (Phi) is 5.69. The smallest absolute Gasteiger partial charge is 0.257 e. The molecule has 2 heterocycles. The van der Waals surface area contributed by atoms with E-state index in [2.05, 4.69) is 5.32 Å². The zero-order chi connectivity index (χ0) is 21.4. The summed E-state index contributed by atoms with van der Waals surface area (Å²) in [5.41, 5.74) is 1.05. The Bertz CT molecular complexity index is 851. The topological polar surface area (TPSA) is 88.2 Å². The van der Waals surface area contributed by atoms with Gasteiger partial charge < -0.3 is 24.6 Å². The summed E-state index contributed by atoms with van der Waals surface area (Å²) < 4.78 is 12.1. The first-order chi connectivity index (χ1) is 14.3. The Balaban J connectivity index is 1.49. The summed E-state index contributed by atoms with van der Waals surface area (Å²) in [6.07, 6.45) is 3.16. The number of amides is 3. The second kappa shape index (κ2) is 8.26. The number of rotatable bonds is 4. The lowest BCUT2D eigenvalue weighted by atomic mass is 9.94. The Labute approximate surface area is 176 Å². The van der Waals surface area contributed by atoms with Crippen LogP contribution in [0.3, 0.4) is 0 Å². The van der Waals surface area contributed by atoms with Gasteiger partial charge in [0.2, 0.25) is 11.8 Å². The molecule has 0 unspecified atom stereocenters. The lowest BCUT2D eigenvalue weighted by Gasteiger charge is -2.42. The number of fused-ring (bicyclic) bond motifs is 2. The Morgan fingerprint density at radius 1 is 1.20 bits per heavy atom. The first kappa shape index (κ1) is 20.7. The van der Waals surface area contributed by atoms with Gasteiger partial charge in [0, 0.05) is 32.7 Å². The van der Waals surface area contributed by atoms with Crippen LogP contribution in [0, 0.1) is 5.92 Å². The van der Waals surface area contributed by atoms with Gasteiger partial charge in [-0.1, -0.05) is 0 Å². The van der Waals surface area contributed by atoms with E-state index in [1.165, 1.54) is 0 Å². The van der Waals surface area contributed by atoms with Crippen LogP contribution in [0.2, 0.25) is 0 Å². The number of ether oxygens (including phenoxy) is 2. The SMILES string of the molecule is CN(C)C(=O)C[C@@H]1CC[C@H]2[C@@H](COc3ccc(NC(=O)C4CC4)cc3C(=O)N2C)O1. The largest absolute Gasteiger partial charge is 0.490 e. The minimum atomic E-state index is -0.296. The quantitative estimate of drug-likeness (QED) is 0.811. The highest BCUT2D eigenvalue weighted by molar-refractivity contribution is 6.00. The number of hydrogen-bond acceptors (Lipinski definition) is 5. The van der Waals surface area contributed by atoms with Gasteiger partial charge in [0.15, 0.2) is 0 Å². The molecule has 1 saturated carbocycles. The van der Waals surface area contributed by atoms with Crippen LogP contribution >= 0.6 is 0 Å². The number of hydrogen-bond donors (Lipinski definition) is 1. The molecular formula is C22H29N3O5. The van der Waals surface area contributed by atoms with E-state index in [9.17, 15) is 14.4 Å². The summed E-state index contributed by atoms with van der Waals surface area (Å²) in [4.78, 5) is 40.6. The zero-order valence-electron chi connectivity index (χ0n) is 17.7. The second-order valence-corrected chi connectivity index (χ2v) is 8.64. The van der Waals surface area contributed by atoms with Gasteiger partial charge in [-0.3, -0.25) is 14.4 Å². The average Bonchev–Trinajstić information content (AvgIpc) is 3.56. The van der Waals surface area contributed by atoms with Crippen LogP contribution in [-0.2, 0) is 14.3 Å². The summed E-state index contributed by atoms with van der Waals surface area (Å²) in [5.74, 6) is 0.440. The van der Waals surface area contributed by atoms with Gasteiger partial charge in [0.1, 0.15) is 18.5 Å². The van der Waals surface area contributed by atoms with E-state index in [0.29, 0.717) is 36.4 Å². The molecule has 2 aliphatic heterocycles. The van der Waals surface area contributed by atoms with E-state index in [-0.39, 0.29) is 41.9 Å². The Morgan fingerprint density at radius 2 is 1.97 bits per heavy atom. The van der Waals surface area contributed by atoms with E-state index in [0.717, 1.165) is 19.3 Å². The van der Waals surface area contributed by atoms with Crippen LogP contribution in [0.15, 0.2) is 18.2 Å². The molecule has 0 radical (unpaired) electrons. The fraction of sp³-hybridized carbons (Fsp3) is 0.591. The van der Waals surface area contributed by atoms with Crippen LogP contribution in [0.25, 0.3) is 0 Å². The fourth-order valence-electron chi connectivity index (χ4n) is 4.07. The van der Waals surface area contributed by atoms with Crippen LogP contribution in [0.4, 0.5) is 5.69 Å². The molecule has 162 valence electrons. The van der Waals surface area contributed by atoms with Gasteiger partial charge in [-0.25, -0.2) is 0 Å². The van der Waals surface area contributed by atoms with Crippen molar-refractivity contribution in [2.45, 2.75) is 50.4 Å². The number of nitrogens with zero attached hydrogens (tertiary/aromatic N) is 2. The van der Waals surface area contributed by atoms with E-state index in [1.807, 2.05) is 0 Å². The fourth-order valence-corrected chi connectivity index (χ4v) is 4.07. The number of carbonyl (C=O) groups is 3. The van der Waals surface area contributed by atoms with Crippen molar-refractivity contribution in [2.75, 3.05) is 33.1 Å². The number of benzene rings is 1. The van der Waals surface area contributed by atoms with Crippen LogP contribution < -0.4 is 10.1 Å². The molecule has 8 heteroatoms. The summed E-state index contributed by atoms with van der Waals surface area (Å²) >= 11 is 0. The van der Waals surface area contributed by atoms with Gasteiger partial charge in [0.05, 0.1) is 24.1 Å². The van der Waals surface area contributed by atoms with E-state index in [1.54, 1.807) is 49.1 Å². The Hall–Kier alpha value is -2.61. The number of anilines is 1. The second-order valence-electron chi connectivity index (χ2n) is 8.64. The molecule has 2 fully saturated rings. The normalized spacial score (nSPS) is 25.9. The standard InChI is InChI=1S/C22H29N3O5/c1-24(2)20(26)11-15-7-8-17-19(30-15)12-29-18-9-6-14(23-21(27)13-4-5-13)10-16(18)22(28)25(17)3/h6,9-10,13,15,17,19H,4-5,7-8,11-12H2,1-3H3,(H,23,27)/t15-,17-,19+/m0/s1. The molecule has 0 bridgehead atoms. The molecule has 8 nitrogen and oxygen atoms in total. The highest BCUT2D eigenvalue weighted by Gasteiger charge is 2.39. The molecule has 3 amide bonds. The molecule has 3 atom stereocenters. The highest BCUT2D eigenvalue weighted by Crippen LogP contribution is 2.34. The molecule has 1 saturated heterocycles. The van der Waals surface area contributed by atoms with Gasteiger partial charge >= 0.3 is 0 Å². The highest BCUT2D eigenvalue weighted by atomic mass is 16.5. The lowest BCUT2D eigenvalue weighted by molar-refractivity contribution is -0.140. The van der Waals surface area contributed by atoms with E-state index >= 15 is 0 Å². The maximum atomic E-state index is 13.2. The molecule has 1 aromatic carbocycles. The van der Waals surface area contributed by atoms with Gasteiger partial charge in [0.25, 0.3) is 5.91 Å². The molecule has 1 aromatic rings. The van der Waals surface area contributed by atoms with Crippen molar-refractivity contribution in [3.05, 3.63) is 23.8 Å². The van der Waals surface area contributed by atoms with Crippen molar-refractivity contribution < 1.29 is 23.9 Å². The van der Waals surface area contributed by atoms with Crippen molar-refractivity contribution in [1.29, 1.82) is 0 Å². The van der Waals surface area contributed by atoms with Crippen molar-refractivity contribution in [1.82, 2.24) is 9.80 Å². The third-order valence-electron chi connectivity index (χ3n) is 6.13. The molecule has 30 heavy (non-hydrogen) atoms. The molecule has 4 rings (SSSR count). The minimum absolute atomic E-state index is 0.00146. The zero-order valence-corrected chi connectivity index (χ0v) is 17.7. The molecule has 1 N–H and O–H groups in total. The number of nitrogens with one attached hydrogen (secondary N) is 1.